The summed E-state index contributed by atoms with van der Waals surface area (Å²) in [4.78, 5) is 25.0. The van der Waals surface area contributed by atoms with Crippen LogP contribution in [0.1, 0.15) is 12.8 Å². The third kappa shape index (κ3) is 6.47. The number of para-hydroxylation sites is 1. The molecule has 2 aliphatic heterocycles. The molecule has 38 heavy (non-hydrogen) atoms. The molecule has 5 rings (SSSR count). The number of nitrogens with zero attached hydrogens (tertiary/aromatic N) is 4. The number of anilines is 2. The molecule has 1 aromatic heterocycles. The summed E-state index contributed by atoms with van der Waals surface area (Å²) < 4.78 is 18.8. The molecule has 2 aromatic carbocycles. The monoisotopic (exact) mass is 516 g/mol. The van der Waals surface area contributed by atoms with E-state index in [1.807, 2.05) is 70.5 Å². The molecule has 1 amide bonds. The summed E-state index contributed by atoms with van der Waals surface area (Å²) in [5, 5.41) is 3.47. The zero-order chi connectivity index (χ0) is 26.3. The van der Waals surface area contributed by atoms with Crippen LogP contribution < -0.4 is 15.8 Å². The van der Waals surface area contributed by atoms with Crippen LogP contribution in [0.3, 0.4) is 0 Å². The van der Waals surface area contributed by atoms with Gasteiger partial charge in [-0.1, -0.05) is 36.4 Å². The molecule has 9 heteroatoms. The molecule has 0 saturated carbocycles. The molecule has 2 saturated heterocycles. The van der Waals surface area contributed by atoms with Gasteiger partial charge in [-0.05, 0) is 48.6 Å². The molecule has 0 unspecified atom stereocenters. The summed E-state index contributed by atoms with van der Waals surface area (Å²) in [6, 6.07) is 17.3. The molecule has 2 aliphatic rings. The first-order valence-electron chi connectivity index (χ1n) is 13.0. The fourth-order valence-corrected chi connectivity index (χ4v) is 4.79. The van der Waals surface area contributed by atoms with Gasteiger partial charge in [0.25, 0.3) is 0 Å². The minimum Gasteiger partial charge on any atom is -0.457 e. The van der Waals surface area contributed by atoms with Crippen molar-refractivity contribution in [2.45, 2.75) is 19.0 Å². The Hall–Kier alpha value is -3.98. The Morgan fingerprint density at radius 1 is 1.05 bits per heavy atom. The third-order valence-corrected chi connectivity index (χ3v) is 7.02. The molecule has 0 bridgehead atoms. The predicted molar refractivity (Wildman–Crippen MR) is 147 cm³/mol. The van der Waals surface area contributed by atoms with Gasteiger partial charge in [0.15, 0.2) is 0 Å². The Morgan fingerprint density at radius 3 is 2.47 bits per heavy atom. The number of hydrogen-bond donors (Lipinski definition) is 2. The lowest BCUT2D eigenvalue weighted by molar-refractivity contribution is -0.127. The van der Waals surface area contributed by atoms with Crippen molar-refractivity contribution in [1.29, 1.82) is 0 Å². The maximum Gasteiger partial charge on any atom is 0.246 e. The van der Waals surface area contributed by atoms with E-state index < -0.39 is 6.17 Å². The van der Waals surface area contributed by atoms with Gasteiger partial charge in [0.1, 0.15) is 35.6 Å². The molecule has 0 aliphatic carbocycles. The highest BCUT2D eigenvalue weighted by Gasteiger charge is 2.25. The quantitative estimate of drug-likeness (QED) is 0.408. The molecule has 0 spiro atoms. The summed E-state index contributed by atoms with van der Waals surface area (Å²) in [7, 11) is 0. The second-order valence-corrected chi connectivity index (χ2v) is 9.79. The van der Waals surface area contributed by atoms with Gasteiger partial charge in [0.2, 0.25) is 5.91 Å². The first-order chi connectivity index (χ1) is 18.5. The number of likely N-dealkylation sites (tertiary alicyclic amines) is 2. The van der Waals surface area contributed by atoms with Gasteiger partial charge in [-0.3, -0.25) is 9.69 Å². The lowest BCUT2D eigenvalue weighted by Gasteiger charge is -2.33. The average Bonchev–Trinajstić information content (AvgIpc) is 2.92. The molecule has 0 atom stereocenters. The fourth-order valence-electron chi connectivity index (χ4n) is 4.79. The number of benzene rings is 2. The number of nitrogens with one attached hydrogen (secondary N) is 1. The van der Waals surface area contributed by atoms with Crippen LogP contribution in [0.15, 0.2) is 73.1 Å². The van der Waals surface area contributed by atoms with Crippen LogP contribution in [-0.4, -0.2) is 71.1 Å². The lowest BCUT2D eigenvalue weighted by Crippen LogP contribution is -2.48. The molecular formula is C29H33FN6O2. The van der Waals surface area contributed by atoms with Crippen molar-refractivity contribution >= 4 is 17.5 Å². The van der Waals surface area contributed by atoms with Gasteiger partial charge in [0, 0.05) is 45.3 Å². The van der Waals surface area contributed by atoms with Gasteiger partial charge in [-0.2, -0.15) is 0 Å². The number of nitrogens with two attached hydrogens (primary N) is 1. The highest BCUT2D eigenvalue weighted by atomic mass is 19.1. The second kappa shape index (κ2) is 12.0. The zero-order valence-corrected chi connectivity index (χ0v) is 21.3. The molecule has 3 N–H and O–H groups in total. The Morgan fingerprint density at radius 2 is 1.76 bits per heavy atom. The van der Waals surface area contributed by atoms with Crippen LogP contribution in [0.25, 0.3) is 11.1 Å². The van der Waals surface area contributed by atoms with E-state index >= 15 is 0 Å². The zero-order valence-electron chi connectivity index (χ0n) is 21.3. The SMILES string of the molecule is Nc1ncnc(NCC2CCN(C(=O)/C=C/CN3CC(F)C3)CC2)c1-c1ccc(Oc2ccccc2)cc1. The number of nitrogen functional groups attached to an aromatic ring is 1. The number of halogens is 1. The molecule has 0 radical (unpaired) electrons. The number of amides is 1. The van der Waals surface area contributed by atoms with Gasteiger partial charge < -0.3 is 20.7 Å². The minimum absolute atomic E-state index is 0.0271. The van der Waals surface area contributed by atoms with Crippen LogP contribution in [-0.2, 0) is 4.79 Å². The third-order valence-electron chi connectivity index (χ3n) is 7.02. The predicted octanol–water partition coefficient (Wildman–Crippen LogP) is 4.38. The van der Waals surface area contributed by atoms with E-state index in [-0.39, 0.29) is 5.91 Å². The van der Waals surface area contributed by atoms with E-state index in [0.717, 1.165) is 42.0 Å². The van der Waals surface area contributed by atoms with Gasteiger partial charge in [0.05, 0.1) is 5.56 Å². The Balaban J connectivity index is 1.14. The van der Waals surface area contributed by atoms with Gasteiger partial charge in [-0.15, -0.1) is 0 Å². The fraction of sp³-hybridized carbons (Fsp3) is 0.345. The van der Waals surface area contributed by atoms with Crippen LogP contribution >= 0.6 is 0 Å². The largest absolute Gasteiger partial charge is 0.457 e. The highest BCUT2D eigenvalue weighted by molar-refractivity contribution is 5.87. The first-order valence-corrected chi connectivity index (χ1v) is 13.0. The first kappa shape index (κ1) is 25.7. The molecular weight excluding hydrogens is 483 g/mol. The minimum atomic E-state index is -0.721. The van der Waals surface area contributed by atoms with E-state index in [1.54, 1.807) is 6.08 Å². The molecule has 8 nitrogen and oxygen atoms in total. The summed E-state index contributed by atoms with van der Waals surface area (Å²) in [6.07, 6.45) is 6.02. The number of aromatic nitrogens is 2. The Labute approximate surface area is 222 Å². The second-order valence-electron chi connectivity index (χ2n) is 9.79. The van der Waals surface area contributed by atoms with Crippen LogP contribution in [0, 0.1) is 5.92 Å². The van der Waals surface area contributed by atoms with E-state index in [1.165, 1.54) is 6.33 Å². The number of hydrogen-bond acceptors (Lipinski definition) is 7. The van der Waals surface area contributed by atoms with Crippen molar-refractivity contribution in [3.63, 3.8) is 0 Å². The standard InChI is InChI=1S/C29H33FN6O2/c30-23-18-35(19-23)14-4-7-26(37)36-15-12-21(13-16-36)17-32-29-27(28(31)33-20-34-29)22-8-10-25(11-9-22)38-24-5-2-1-3-6-24/h1-11,20-21,23H,12-19H2,(H3,31,32,33,34)/b7-4+. The number of alkyl halides is 1. The molecule has 3 aromatic rings. The van der Waals surface area contributed by atoms with Crippen molar-refractivity contribution in [2.24, 2.45) is 5.92 Å². The van der Waals surface area contributed by atoms with E-state index in [9.17, 15) is 9.18 Å². The maximum atomic E-state index is 12.9. The van der Waals surface area contributed by atoms with Crippen molar-refractivity contribution < 1.29 is 13.9 Å². The topological polar surface area (TPSA) is 96.6 Å². The van der Waals surface area contributed by atoms with Gasteiger partial charge >= 0.3 is 0 Å². The molecule has 198 valence electrons. The normalized spacial score (nSPS) is 16.9. The summed E-state index contributed by atoms with van der Waals surface area (Å²) >= 11 is 0. The summed E-state index contributed by atoms with van der Waals surface area (Å²) in [6.45, 7) is 3.71. The van der Waals surface area contributed by atoms with Crippen molar-refractivity contribution in [1.82, 2.24) is 19.8 Å². The van der Waals surface area contributed by atoms with E-state index in [0.29, 0.717) is 50.3 Å². The van der Waals surface area contributed by atoms with Crippen LogP contribution in [0.2, 0.25) is 0 Å². The van der Waals surface area contributed by atoms with Gasteiger partial charge in [-0.25, -0.2) is 14.4 Å². The maximum absolute atomic E-state index is 12.9. The highest BCUT2D eigenvalue weighted by Crippen LogP contribution is 2.33. The average molecular weight is 517 g/mol. The van der Waals surface area contributed by atoms with E-state index in [2.05, 4.69) is 15.3 Å². The Kier molecular flexibility index (Phi) is 8.13. The number of carbonyl (C=O) groups excluding carboxylic acids is 1. The van der Waals surface area contributed by atoms with E-state index in [4.69, 9.17) is 10.5 Å². The summed E-state index contributed by atoms with van der Waals surface area (Å²) in [5.41, 5.74) is 7.92. The Bertz CT molecular complexity index is 1240. The van der Waals surface area contributed by atoms with Crippen molar-refractivity contribution in [2.75, 3.05) is 50.3 Å². The lowest BCUT2D eigenvalue weighted by atomic mass is 9.96. The van der Waals surface area contributed by atoms with Crippen molar-refractivity contribution in [3.8, 4) is 22.6 Å². The molecule has 3 heterocycles. The van der Waals surface area contributed by atoms with Crippen molar-refractivity contribution in [3.05, 3.63) is 73.1 Å². The van der Waals surface area contributed by atoms with Crippen LogP contribution in [0.5, 0.6) is 11.5 Å². The smallest absolute Gasteiger partial charge is 0.246 e. The number of ether oxygens (including phenoxy) is 1. The molecule has 2 fully saturated rings. The summed E-state index contributed by atoms with van der Waals surface area (Å²) in [5.74, 6) is 3.05. The number of rotatable bonds is 9. The van der Waals surface area contributed by atoms with Crippen LogP contribution in [0.4, 0.5) is 16.0 Å². The number of carbonyl (C=O) groups is 1. The number of piperidine rings is 1.